The van der Waals surface area contributed by atoms with Gasteiger partial charge < -0.3 is 14.7 Å². The number of nitrogens with one attached hydrogen (secondary N) is 1. The summed E-state index contributed by atoms with van der Waals surface area (Å²) >= 11 is 6.36. The Morgan fingerprint density at radius 3 is 2.82 bits per heavy atom. The van der Waals surface area contributed by atoms with Gasteiger partial charge in [-0.1, -0.05) is 29.8 Å². The molecule has 1 amide bonds. The first kappa shape index (κ1) is 26.7. The summed E-state index contributed by atoms with van der Waals surface area (Å²) in [6.07, 6.45) is 8.05. The first-order valence-corrected chi connectivity index (χ1v) is 15.8. The summed E-state index contributed by atoms with van der Waals surface area (Å²) in [7, 11) is -3.93. The predicted octanol–water partition coefficient (Wildman–Crippen LogP) is 4.61. The van der Waals surface area contributed by atoms with Crippen molar-refractivity contribution in [1.29, 1.82) is 0 Å². The van der Waals surface area contributed by atoms with Crippen LogP contribution in [0, 0.1) is 11.8 Å². The molecule has 2 aromatic rings. The molecule has 6 rings (SSSR count). The number of hydrogen-bond donors (Lipinski definition) is 2. The highest BCUT2D eigenvalue weighted by atomic mass is 35.5. The van der Waals surface area contributed by atoms with E-state index in [1.807, 2.05) is 6.07 Å². The number of ether oxygens (including phenoxy) is 1. The molecular formula is C30H35ClN2O5S. The minimum absolute atomic E-state index is 0.135. The van der Waals surface area contributed by atoms with E-state index < -0.39 is 27.3 Å². The number of benzene rings is 2. The lowest BCUT2D eigenvalue weighted by Gasteiger charge is -2.45. The molecule has 39 heavy (non-hydrogen) atoms. The molecule has 2 aromatic carbocycles. The van der Waals surface area contributed by atoms with Crippen LogP contribution in [0.25, 0.3) is 0 Å². The normalized spacial score (nSPS) is 32.7. The molecule has 1 saturated carbocycles. The van der Waals surface area contributed by atoms with Crippen LogP contribution in [0.15, 0.2) is 48.6 Å². The molecule has 0 aromatic heterocycles. The summed E-state index contributed by atoms with van der Waals surface area (Å²) in [6.45, 7) is 3.47. The minimum Gasteiger partial charge on any atom is -0.490 e. The van der Waals surface area contributed by atoms with E-state index in [1.54, 1.807) is 30.4 Å². The molecule has 208 valence electrons. The maximum absolute atomic E-state index is 13.1. The van der Waals surface area contributed by atoms with Crippen LogP contribution in [0.5, 0.6) is 5.75 Å². The van der Waals surface area contributed by atoms with Gasteiger partial charge in [0.1, 0.15) is 5.75 Å². The van der Waals surface area contributed by atoms with Crippen LogP contribution in [0.2, 0.25) is 5.02 Å². The van der Waals surface area contributed by atoms with E-state index in [1.165, 1.54) is 18.1 Å². The van der Waals surface area contributed by atoms with Gasteiger partial charge in [0.15, 0.2) is 0 Å². The summed E-state index contributed by atoms with van der Waals surface area (Å²) in [5.41, 5.74) is 3.33. The van der Waals surface area contributed by atoms with Gasteiger partial charge >= 0.3 is 0 Å². The molecule has 2 aliphatic heterocycles. The van der Waals surface area contributed by atoms with Crippen LogP contribution in [-0.2, 0) is 21.9 Å². The fourth-order valence-corrected chi connectivity index (χ4v) is 7.91. The van der Waals surface area contributed by atoms with Crippen LogP contribution in [-0.4, -0.2) is 50.5 Å². The number of amides is 1. The Morgan fingerprint density at radius 1 is 1.18 bits per heavy atom. The predicted molar refractivity (Wildman–Crippen MR) is 152 cm³/mol. The first-order chi connectivity index (χ1) is 18.6. The number of rotatable bonds is 0. The SMILES string of the molecule is C[C@@H]1/C=C\C[C@H](O)[C@@H]2CC[C@H]2CN2C[C@@]3(CCCc4cc(Cl)ccc43)COc3ccc(cc32)C(=O)NS1(=O)=O. The van der Waals surface area contributed by atoms with Gasteiger partial charge in [-0.2, -0.15) is 0 Å². The Labute approximate surface area is 235 Å². The summed E-state index contributed by atoms with van der Waals surface area (Å²) in [6, 6.07) is 11.3. The van der Waals surface area contributed by atoms with Crippen molar-refractivity contribution in [2.45, 2.75) is 62.2 Å². The number of carbonyl (C=O) groups excluding carboxylic acids is 1. The molecule has 1 spiro atoms. The number of aryl methyl sites for hydroxylation is 1. The second-order valence-corrected chi connectivity index (χ2v) is 14.2. The fraction of sp³-hybridized carbons (Fsp3) is 0.500. The van der Waals surface area contributed by atoms with Crippen molar-refractivity contribution in [2.24, 2.45) is 11.8 Å². The summed E-state index contributed by atoms with van der Waals surface area (Å²) in [5.74, 6) is 0.443. The number of carbonyl (C=O) groups is 1. The Bertz CT molecular complexity index is 1430. The van der Waals surface area contributed by atoms with Crippen molar-refractivity contribution in [2.75, 3.05) is 24.6 Å². The topological polar surface area (TPSA) is 95.9 Å². The Morgan fingerprint density at radius 2 is 2.03 bits per heavy atom. The van der Waals surface area contributed by atoms with E-state index in [-0.39, 0.29) is 22.8 Å². The molecule has 1 fully saturated rings. The van der Waals surface area contributed by atoms with Gasteiger partial charge in [-0.15, -0.1) is 0 Å². The summed E-state index contributed by atoms with van der Waals surface area (Å²) in [4.78, 5) is 15.4. The third-order valence-electron chi connectivity index (χ3n) is 9.23. The van der Waals surface area contributed by atoms with Gasteiger partial charge in [-0.25, -0.2) is 13.1 Å². The maximum Gasteiger partial charge on any atom is 0.264 e. The minimum atomic E-state index is -3.93. The quantitative estimate of drug-likeness (QED) is 0.449. The molecule has 9 heteroatoms. The molecule has 2 heterocycles. The van der Waals surface area contributed by atoms with Crippen LogP contribution >= 0.6 is 11.6 Å². The average Bonchev–Trinajstić information content (AvgIpc) is 3.02. The molecule has 7 nitrogen and oxygen atoms in total. The zero-order valence-electron chi connectivity index (χ0n) is 22.1. The first-order valence-electron chi connectivity index (χ1n) is 13.9. The van der Waals surface area contributed by atoms with Crippen LogP contribution in [0.3, 0.4) is 0 Å². The maximum atomic E-state index is 13.1. The van der Waals surface area contributed by atoms with Crippen molar-refractivity contribution in [3.63, 3.8) is 0 Å². The highest BCUT2D eigenvalue weighted by molar-refractivity contribution is 7.90. The van der Waals surface area contributed by atoms with E-state index in [2.05, 4.69) is 21.8 Å². The number of hydrogen-bond acceptors (Lipinski definition) is 6. The molecule has 4 aliphatic rings. The molecule has 0 radical (unpaired) electrons. The third-order valence-corrected chi connectivity index (χ3v) is 11.1. The highest BCUT2D eigenvalue weighted by Crippen LogP contribution is 2.46. The molecular weight excluding hydrogens is 536 g/mol. The lowest BCUT2D eigenvalue weighted by molar-refractivity contribution is 0.0177. The number of aliphatic hydroxyl groups excluding tert-OH is 1. The molecule has 5 atom stereocenters. The number of sulfonamides is 1. The standard InChI is InChI=1S/C30H35ClN2O5S/c1-19-4-2-6-27(34)24-10-7-22(24)16-33-17-30(13-3-5-20-14-23(31)9-11-25(20)30)18-38-28-12-8-21(15-26(28)33)29(35)32-39(19,36)37/h2,4,8-9,11-12,14-15,19,22,24,27,34H,3,5-7,10,13,16-18H2,1H3,(H,32,35)/b4-2-/t19-,22+,24-,27+,30+/m1/s1. The second-order valence-electron chi connectivity index (χ2n) is 11.7. The largest absolute Gasteiger partial charge is 0.490 e. The number of aliphatic hydroxyl groups is 1. The van der Waals surface area contributed by atoms with Crippen molar-refractivity contribution >= 4 is 33.2 Å². The Balaban J connectivity index is 1.43. The molecule has 2 N–H and O–H groups in total. The van der Waals surface area contributed by atoms with E-state index in [0.29, 0.717) is 25.3 Å². The average molecular weight is 571 g/mol. The van der Waals surface area contributed by atoms with E-state index in [0.717, 1.165) is 49.4 Å². The Kier molecular flexibility index (Phi) is 6.92. The van der Waals surface area contributed by atoms with Gasteiger partial charge in [0.05, 0.1) is 23.6 Å². The van der Waals surface area contributed by atoms with Gasteiger partial charge in [-0.3, -0.25) is 4.79 Å². The van der Waals surface area contributed by atoms with Gasteiger partial charge in [0, 0.05) is 29.1 Å². The van der Waals surface area contributed by atoms with E-state index in [9.17, 15) is 18.3 Å². The Hall–Kier alpha value is -2.55. The third kappa shape index (κ3) is 4.96. The number of halogens is 1. The monoisotopic (exact) mass is 570 g/mol. The van der Waals surface area contributed by atoms with Crippen LogP contribution in [0.1, 0.15) is 60.5 Å². The van der Waals surface area contributed by atoms with Gasteiger partial charge in [0.25, 0.3) is 5.91 Å². The smallest absolute Gasteiger partial charge is 0.264 e. The molecule has 0 unspecified atom stereocenters. The van der Waals surface area contributed by atoms with Crippen molar-refractivity contribution in [3.8, 4) is 5.75 Å². The van der Waals surface area contributed by atoms with Gasteiger partial charge in [0.2, 0.25) is 10.0 Å². The van der Waals surface area contributed by atoms with Crippen molar-refractivity contribution in [3.05, 3.63) is 70.3 Å². The lowest BCUT2D eigenvalue weighted by atomic mass is 9.68. The summed E-state index contributed by atoms with van der Waals surface area (Å²) in [5, 5.41) is 10.8. The fourth-order valence-electron chi connectivity index (χ4n) is 6.84. The summed E-state index contributed by atoms with van der Waals surface area (Å²) < 4.78 is 34.4. The zero-order valence-corrected chi connectivity index (χ0v) is 23.7. The molecule has 0 saturated heterocycles. The van der Waals surface area contributed by atoms with Crippen LogP contribution in [0.4, 0.5) is 5.69 Å². The molecule has 2 aliphatic carbocycles. The highest BCUT2D eigenvalue weighted by Gasteiger charge is 2.44. The van der Waals surface area contributed by atoms with Crippen LogP contribution < -0.4 is 14.4 Å². The number of fused-ring (bicyclic) bond motifs is 4. The van der Waals surface area contributed by atoms with Gasteiger partial charge in [-0.05, 0) is 98.7 Å². The second kappa shape index (κ2) is 10.1. The zero-order chi connectivity index (χ0) is 27.4. The number of nitrogens with zero attached hydrogens (tertiary/aromatic N) is 1. The van der Waals surface area contributed by atoms with Crippen molar-refractivity contribution in [1.82, 2.24) is 4.72 Å². The molecule has 2 bridgehead atoms. The van der Waals surface area contributed by atoms with E-state index in [4.69, 9.17) is 16.3 Å². The number of anilines is 1. The van der Waals surface area contributed by atoms with E-state index >= 15 is 0 Å². The lowest BCUT2D eigenvalue weighted by Crippen LogP contribution is -2.49. The van der Waals surface area contributed by atoms with Crippen molar-refractivity contribution < 1.29 is 23.1 Å².